The van der Waals surface area contributed by atoms with E-state index in [4.69, 9.17) is 0 Å². The molecule has 1 aliphatic heterocycles. The minimum atomic E-state index is -0.00595. The molecule has 0 bridgehead atoms. The molecule has 0 amide bonds. The first-order valence-electron chi connectivity index (χ1n) is 5.53. The molecule has 4 unspecified atom stereocenters. The zero-order chi connectivity index (χ0) is 11.1. The normalized spacial score (nSPS) is 38.0. The Morgan fingerprint density at radius 3 is 2.73 bits per heavy atom. The van der Waals surface area contributed by atoms with Crippen LogP contribution >= 0.6 is 9.24 Å². The van der Waals surface area contributed by atoms with Crippen molar-refractivity contribution in [1.82, 2.24) is 5.32 Å². The smallest absolute Gasteiger partial charge is 0.0180 e. The Morgan fingerprint density at radius 1 is 1.60 bits per heavy atom. The van der Waals surface area contributed by atoms with E-state index in [-0.39, 0.29) is 5.16 Å². The second-order valence-corrected chi connectivity index (χ2v) is 6.31. The van der Waals surface area contributed by atoms with Crippen LogP contribution in [-0.2, 0) is 0 Å². The van der Waals surface area contributed by atoms with E-state index in [9.17, 15) is 0 Å². The predicted molar refractivity (Wildman–Crippen MR) is 70.0 cm³/mol. The van der Waals surface area contributed by atoms with Crippen molar-refractivity contribution in [2.75, 3.05) is 13.1 Å². The van der Waals surface area contributed by atoms with Crippen LogP contribution in [0.25, 0.3) is 0 Å². The number of nitrogens with one attached hydrogen (secondary N) is 1. The Hall–Kier alpha value is -0.390. The fourth-order valence-electron chi connectivity index (χ4n) is 2.59. The van der Waals surface area contributed by atoms with Gasteiger partial charge in [-0.05, 0) is 31.4 Å². The van der Waals surface area contributed by atoms with Crippen molar-refractivity contribution in [3.63, 3.8) is 0 Å². The van der Waals surface area contributed by atoms with E-state index < -0.39 is 0 Å². The van der Waals surface area contributed by atoms with Crippen molar-refractivity contribution in [2.24, 2.45) is 11.3 Å². The van der Waals surface area contributed by atoms with E-state index in [1.807, 2.05) is 12.2 Å². The van der Waals surface area contributed by atoms with Crippen molar-refractivity contribution in [3.8, 4) is 0 Å². The summed E-state index contributed by atoms with van der Waals surface area (Å²) in [6, 6.07) is 0. The average Bonchev–Trinajstić information content (AvgIpc) is 2.78. The first-order valence-corrected chi connectivity index (χ1v) is 6.11. The molecular formula is C13H20NP. The highest BCUT2D eigenvalue weighted by molar-refractivity contribution is 7.19. The third-order valence-corrected chi connectivity index (χ3v) is 4.17. The fraction of sp³-hybridized carbons (Fsp3) is 0.538. The number of hydrogen-bond acceptors (Lipinski definition) is 1. The molecule has 0 radical (unpaired) electrons. The van der Waals surface area contributed by atoms with Gasteiger partial charge >= 0.3 is 0 Å². The largest absolute Gasteiger partial charge is 0.316 e. The summed E-state index contributed by atoms with van der Waals surface area (Å²) in [5, 5.41) is 3.45. The molecule has 1 aliphatic carbocycles. The quantitative estimate of drug-likeness (QED) is 0.437. The van der Waals surface area contributed by atoms with Crippen molar-refractivity contribution < 1.29 is 0 Å². The lowest BCUT2D eigenvalue weighted by molar-refractivity contribution is 0.616. The highest BCUT2D eigenvalue weighted by atomic mass is 31.0. The van der Waals surface area contributed by atoms with Crippen LogP contribution in [0.1, 0.15) is 13.3 Å². The topological polar surface area (TPSA) is 12.0 Å². The van der Waals surface area contributed by atoms with Gasteiger partial charge in [-0.15, -0.1) is 15.8 Å². The summed E-state index contributed by atoms with van der Waals surface area (Å²) in [5.41, 5.74) is 1.80. The Morgan fingerprint density at radius 2 is 2.33 bits per heavy atom. The molecule has 2 heteroatoms. The van der Waals surface area contributed by atoms with Crippen molar-refractivity contribution >= 4 is 9.24 Å². The maximum absolute atomic E-state index is 3.96. The van der Waals surface area contributed by atoms with E-state index in [0.29, 0.717) is 5.41 Å². The van der Waals surface area contributed by atoms with Gasteiger partial charge in [0.05, 0.1) is 0 Å². The molecule has 1 N–H and O–H groups in total. The minimum Gasteiger partial charge on any atom is -0.316 e. The highest BCUT2D eigenvalue weighted by Gasteiger charge is 2.58. The van der Waals surface area contributed by atoms with Crippen LogP contribution in [0.15, 0.2) is 37.0 Å². The molecule has 1 heterocycles. The summed E-state index contributed by atoms with van der Waals surface area (Å²) >= 11 is 0. The summed E-state index contributed by atoms with van der Waals surface area (Å²) in [4.78, 5) is 0. The van der Waals surface area contributed by atoms with Gasteiger partial charge in [0.2, 0.25) is 0 Å². The Kier molecular flexibility index (Phi) is 2.65. The molecule has 0 aromatic carbocycles. The van der Waals surface area contributed by atoms with E-state index in [1.54, 1.807) is 0 Å². The SMILES string of the molecule is C=C/C(=C\C(C)(P)C=C)C12CNCC1C2. The molecule has 0 spiro atoms. The maximum Gasteiger partial charge on any atom is 0.0180 e. The number of rotatable bonds is 4. The van der Waals surface area contributed by atoms with Gasteiger partial charge < -0.3 is 5.32 Å². The Labute approximate surface area is 94.9 Å². The van der Waals surface area contributed by atoms with Gasteiger partial charge in [0.25, 0.3) is 0 Å². The van der Waals surface area contributed by atoms with Crippen LogP contribution in [0.2, 0.25) is 0 Å². The van der Waals surface area contributed by atoms with Crippen LogP contribution in [0.4, 0.5) is 0 Å². The average molecular weight is 221 g/mol. The zero-order valence-electron chi connectivity index (χ0n) is 9.42. The van der Waals surface area contributed by atoms with Gasteiger partial charge in [-0.3, -0.25) is 0 Å². The lowest BCUT2D eigenvalue weighted by atomic mass is 9.91. The third-order valence-electron chi connectivity index (χ3n) is 3.76. The molecule has 15 heavy (non-hydrogen) atoms. The predicted octanol–water partition coefficient (Wildman–Crippen LogP) is 2.53. The summed E-state index contributed by atoms with van der Waals surface area (Å²) < 4.78 is 0. The number of piperidine rings is 1. The molecular weight excluding hydrogens is 201 g/mol. The number of fused-ring (bicyclic) bond motifs is 1. The van der Waals surface area contributed by atoms with Crippen LogP contribution in [-0.4, -0.2) is 18.2 Å². The van der Waals surface area contributed by atoms with Gasteiger partial charge in [0, 0.05) is 17.1 Å². The highest BCUT2D eigenvalue weighted by Crippen LogP contribution is 2.60. The second-order valence-electron chi connectivity index (χ2n) is 5.06. The lowest BCUT2D eigenvalue weighted by Gasteiger charge is -2.20. The van der Waals surface area contributed by atoms with Gasteiger partial charge in [0.15, 0.2) is 0 Å². The van der Waals surface area contributed by atoms with Gasteiger partial charge in [-0.25, -0.2) is 0 Å². The maximum atomic E-state index is 3.96. The first-order chi connectivity index (χ1) is 7.04. The molecule has 1 saturated carbocycles. The van der Waals surface area contributed by atoms with Crippen molar-refractivity contribution in [2.45, 2.75) is 18.5 Å². The molecule has 2 aliphatic rings. The summed E-state index contributed by atoms with van der Waals surface area (Å²) in [5.74, 6) is 0.840. The molecule has 82 valence electrons. The van der Waals surface area contributed by atoms with Crippen molar-refractivity contribution in [1.29, 1.82) is 0 Å². The minimum absolute atomic E-state index is 0.00595. The van der Waals surface area contributed by atoms with Crippen LogP contribution in [0, 0.1) is 11.3 Å². The Balaban J connectivity index is 2.25. The van der Waals surface area contributed by atoms with Gasteiger partial charge in [-0.2, -0.15) is 0 Å². The molecule has 2 rings (SSSR count). The van der Waals surface area contributed by atoms with Gasteiger partial charge in [0.1, 0.15) is 0 Å². The monoisotopic (exact) mass is 221 g/mol. The number of allylic oxidation sites excluding steroid dienone is 3. The third kappa shape index (κ3) is 1.84. The standard InChI is InChI=1S/C13H20NP/c1-4-10(6-12(3,15)5-2)13-7-11(13)8-14-9-13/h4-6,11,14H,1-2,7-9,15H2,3H3/b10-6+. The summed E-state index contributed by atoms with van der Waals surface area (Å²) in [7, 11) is 2.84. The summed E-state index contributed by atoms with van der Waals surface area (Å²) in [6.45, 7) is 12.3. The fourth-order valence-corrected chi connectivity index (χ4v) is 2.77. The number of hydrogen-bond donors (Lipinski definition) is 1. The van der Waals surface area contributed by atoms with Crippen LogP contribution in [0.3, 0.4) is 0 Å². The Bertz CT molecular complexity index is 329. The molecule has 1 nitrogen and oxygen atoms in total. The van der Waals surface area contributed by atoms with E-state index in [1.165, 1.54) is 18.5 Å². The lowest BCUT2D eigenvalue weighted by Crippen LogP contribution is -2.19. The van der Waals surface area contributed by atoms with Crippen LogP contribution < -0.4 is 5.32 Å². The van der Waals surface area contributed by atoms with Gasteiger partial charge in [-0.1, -0.05) is 24.8 Å². The van der Waals surface area contributed by atoms with Crippen molar-refractivity contribution in [3.05, 3.63) is 37.0 Å². The molecule has 0 aromatic heterocycles. The molecule has 0 aromatic rings. The van der Waals surface area contributed by atoms with E-state index in [0.717, 1.165) is 12.5 Å². The second kappa shape index (κ2) is 3.57. The van der Waals surface area contributed by atoms with Crippen LogP contribution in [0.5, 0.6) is 0 Å². The molecule has 1 saturated heterocycles. The summed E-state index contributed by atoms with van der Waals surface area (Å²) in [6.07, 6.45) is 7.62. The van der Waals surface area contributed by atoms with E-state index >= 15 is 0 Å². The van der Waals surface area contributed by atoms with E-state index in [2.05, 4.69) is 40.7 Å². The molecule has 4 atom stereocenters. The molecule has 2 fully saturated rings. The first kappa shape index (κ1) is 11.1. The zero-order valence-corrected chi connectivity index (χ0v) is 10.6.